The molecule has 0 bridgehead atoms. The van der Waals surface area contributed by atoms with Crippen molar-refractivity contribution < 1.29 is 0 Å². The van der Waals surface area contributed by atoms with Crippen LogP contribution in [-0.2, 0) is 0 Å². The molecular weight excluding hydrogens is 280 g/mol. The van der Waals surface area contributed by atoms with Gasteiger partial charge in [-0.05, 0) is 18.9 Å². The molecule has 1 aliphatic rings. The van der Waals surface area contributed by atoms with Crippen molar-refractivity contribution in [3.8, 4) is 0 Å². The number of H-pyrrole nitrogens is 1. The second-order valence-electron chi connectivity index (χ2n) is 5.54. The molecule has 112 valence electrons. The Morgan fingerprint density at radius 2 is 2.09 bits per heavy atom. The molecule has 0 amide bonds. The molecule has 3 aromatic heterocycles. The molecule has 0 atom stereocenters. The van der Waals surface area contributed by atoms with E-state index in [0.717, 1.165) is 31.1 Å². The summed E-state index contributed by atoms with van der Waals surface area (Å²) in [5.74, 6) is 1.17. The molecule has 0 aliphatic heterocycles. The van der Waals surface area contributed by atoms with E-state index in [9.17, 15) is 4.79 Å². The number of aromatic amines is 1. The van der Waals surface area contributed by atoms with E-state index in [1.54, 1.807) is 30.9 Å². The van der Waals surface area contributed by atoms with Gasteiger partial charge < -0.3 is 10.3 Å². The zero-order chi connectivity index (χ0) is 14.9. The van der Waals surface area contributed by atoms with E-state index in [1.807, 2.05) is 4.57 Å². The highest BCUT2D eigenvalue weighted by atomic mass is 16.1. The summed E-state index contributed by atoms with van der Waals surface area (Å²) in [5.41, 5.74) is 0.696. The summed E-state index contributed by atoms with van der Waals surface area (Å²) in [4.78, 5) is 28.0. The van der Waals surface area contributed by atoms with Crippen molar-refractivity contribution in [2.45, 2.75) is 31.7 Å². The molecule has 2 N–H and O–H groups in total. The average Bonchev–Trinajstić information content (AvgIpc) is 3.20. The number of aromatic nitrogens is 5. The number of pyridine rings is 1. The average molecular weight is 296 g/mol. The first kappa shape index (κ1) is 13.0. The normalized spacial score (nSPS) is 15.5. The Labute approximate surface area is 126 Å². The first-order chi connectivity index (χ1) is 10.8. The van der Waals surface area contributed by atoms with Crippen LogP contribution >= 0.6 is 0 Å². The molecule has 0 aromatic carbocycles. The van der Waals surface area contributed by atoms with Gasteiger partial charge in [-0.3, -0.25) is 9.36 Å². The standard InChI is InChI=1S/C15H16N6O/c22-13-6-5-10-7-17-15(19-12-8-16-9-18-12)20-14(10)21(13)11-3-1-2-4-11/h5-9,11H,1-4H2,(H,16,18)(H,17,19,20). The lowest BCUT2D eigenvalue weighted by molar-refractivity contribution is 0.516. The Bertz CT molecular complexity index is 848. The molecule has 1 fully saturated rings. The van der Waals surface area contributed by atoms with Crippen LogP contribution in [0.1, 0.15) is 31.7 Å². The molecule has 0 radical (unpaired) electrons. The molecule has 22 heavy (non-hydrogen) atoms. The minimum Gasteiger partial charge on any atom is -0.331 e. The highest BCUT2D eigenvalue weighted by Crippen LogP contribution is 2.30. The number of imidazole rings is 1. The third-order valence-electron chi connectivity index (χ3n) is 4.10. The predicted molar refractivity (Wildman–Crippen MR) is 83.2 cm³/mol. The molecule has 7 heteroatoms. The molecule has 4 rings (SSSR count). The second-order valence-corrected chi connectivity index (χ2v) is 5.54. The van der Waals surface area contributed by atoms with Crippen LogP contribution in [-0.4, -0.2) is 24.5 Å². The van der Waals surface area contributed by atoms with Crippen LogP contribution < -0.4 is 10.9 Å². The van der Waals surface area contributed by atoms with Crippen molar-refractivity contribution in [2.24, 2.45) is 0 Å². The third kappa shape index (κ3) is 2.24. The lowest BCUT2D eigenvalue weighted by Gasteiger charge is -2.16. The van der Waals surface area contributed by atoms with Gasteiger partial charge in [0.15, 0.2) is 0 Å². The summed E-state index contributed by atoms with van der Waals surface area (Å²) in [6.45, 7) is 0. The van der Waals surface area contributed by atoms with Gasteiger partial charge in [0, 0.05) is 23.7 Å². The number of nitrogens with one attached hydrogen (secondary N) is 2. The molecular formula is C15H16N6O. The Balaban J connectivity index is 1.82. The van der Waals surface area contributed by atoms with E-state index in [2.05, 4.69) is 25.3 Å². The first-order valence-electron chi connectivity index (χ1n) is 7.45. The maximum absolute atomic E-state index is 12.3. The summed E-state index contributed by atoms with van der Waals surface area (Å²) in [6.07, 6.45) is 9.38. The van der Waals surface area contributed by atoms with Gasteiger partial charge in [-0.25, -0.2) is 9.97 Å². The Kier molecular flexibility index (Phi) is 3.10. The highest BCUT2D eigenvalue weighted by Gasteiger charge is 2.20. The second kappa shape index (κ2) is 5.25. The van der Waals surface area contributed by atoms with Crippen LogP contribution in [0.3, 0.4) is 0 Å². The molecule has 0 saturated heterocycles. The number of anilines is 2. The summed E-state index contributed by atoms with van der Waals surface area (Å²) in [5, 5.41) is 3.93. The van der Waals surface area contributed by atoms with Gasteiger partial charge in [0.1, 0.15) is 11.5 Å². The van der Waals surface area contributed by atoms with Gasteiger partial charge in [-0.2, -0.15) is 4.98 Å². The van der Waals surface area contributed by atoms with Gasteiger partial charge in [0.2, 0.25) is 5.95 Å². The van der Waals surface area contributed by atoms with Crippen LogP contribution in [0, 0.1) is 0 Å². The van der Waals surface area contributed by atoms with Crippen LogP contribution in [0.5, 0.6) is 0 Å². The highest BCUT2D eigenvalue weighted by molar-refractivity contribution is 5.75. The van der Waals surface area contributed by atoms with Crippen molar-refractivity contribution in [3.05, 3.63) is 41.2 Å². The van der Waals surface area contributed by atoms with Crippen molar-refractivity contribution in [2.75, 3.05) is 5.32 Å². The smallest absolute Gasteiger partial charge is 0.252 e. The number of hydrogen-bond acceptors (Lipinski definition) is 5. The van der Waals surface area contributed by atoms with E-state index < -0.39 is 0 Å². The van der Waals surface area contributed by atoms with Gasteiger partial charge in [0.25, 0.3) is 5.56 Å². The quantitative estimate of drug-likeness (QED) is 0.774. The van der Waals surface area contributed by atoms with E-state index in [-0.39, 0.29) is 11.6 Å². The Morgan fingerprint density at radius 3 is 2.86 bits per heavy atom. The van der Waals surface area contributed by atoms with Gasteiger partial charge in [-0.15, -0.1) is 0 Å². The number of rotatable bonds is 3. The van der Waals surface area contributed by atoms with E-state index in [4.69, 9.17) is 0 Å². The van der Waals surface area contributed by atoms with E-state index in [0.29, 0.717) is 17.4 Å². The minimum atomic E-state index is 0.00518. The summed E-state index contributed by atoms with van der Waals surface area (Å²) in [7, 11) is 0. The zero-order valence-corrected chi connectivity index (χ0v) is 12.0. The van der Waals surface area contributed by atoms with Crippen LogP contribution in [0.4, 0.5) is 11.8 Å². The molecule has 1 aliphatic carbocycles. The van der Waals surface area contributed by atoms with Gasteiger partial charge in [0.05, 0.1) is 12.5 Å². The summed E-state index contributed by atoms with van der Waals surface area (Å²) >= 11 is 0. The summed E-state index contributed by atoms with van der Waals surface area (Å²) in [6, 6.07) is 3.63. The number of fused-ring (bicyclic) bond motifs is 1. The molecule has 0 unspecified atom stereocenters. The third-order valence-corrected chi connectivity index (χ3v) is 4.10. The first-order valence-corrected chi connectivity index (χ1v) is 7.45. The van der Waals surface area contributed by atoms with Crippen molar-refractivity contribution in [1.29, 1.82) is 0 Å². The maximum atomic E-state index is 12.3. The van der Waals surface area contributed by atoms with Gasteiger partial charge >= 0.3 is 0 Å². The number of nitrogens with zero attached hydrogens (tertiary/aromatic N) is 4. The molecule has 0 spiro atoms. The molecule has 3 aromatic rings. The fourth-order valence-electron chi connectivity index (χ4n) is 3.06. The van der Waals surface area contributed by atoms with Crippen LogP contribution in [0.25, 0.3) is 11.0 Å². The SMILES string of the molecule is O=c1ccc2cnc(Nc3cnc[nH]3)nc2n1C1CCCC1. The zero-order valence-electron chi connectivity index (χ0n) is 12.0. The minimum absolute atomic E-state index is 0.00518. The van der Waals surface area contributed by atoms with Crippen LogP contribution in [0.15, 0.2) is 35.6 Å². The lowest BCUT2D eigenvalue weighted by Crippen LogP contribution is -2.23. The number of hydrogen-bond donors (Lipinski definition) is 2. The Hall–Kier alpha value is -2.70. The van der Waals surface area contributed by atoms with Crippen LogP contribution in [0.2, 0.25) is 0 Å². The lowest BCUT2D eigenvalue weighted by atomic mass is 10.2. The molecule has 3 heterocycles. The van der Waals surface area contributed by atoms with E-state index in [1.165, 1.54) is 0 Å². The van der Waals surface area contributed by atoms with Crippen molar-refractivity contribution in [3.63, 3.8) is 0 Å². The molecule has 7 nitrogen and oxygen atoms in total. The van der Waals surface area contributed by atoms with Crippen molar-refractivity contribution >= 4 is 22.8 Å². The topological polar surface area (TPSA) is 88.5 Å². The predicted octanol–water partition coefficient (Wildman–Crippen LogP) is 2.37. The van der Waals surface area contributed by atoms with Gasteiger partial charge in [-0.1, -0.05) is 12.8 Å². The van der Waals surface area contributed by atoms with Crippen molar-refractivity contribution in [1.82, 2.24) is 24.5 Å². The van der Waals surface area contributed by atoms with E-state index >= 15 is 0 Å². The largest absolute Gasteiger partial charge is 0.331 e. The fourth-order valence-corrected chi connectivity index (χ4v) is 3.06. The monoisotopic (exact) mass is 296 g/mol. The Morgan fingerprint density at radius 1 is 1.23 bits per heavy atom. The maximum Gasteiger partial charge on any atom is 0.252 e. The summed E-state index contributed by atoms with van der Waals surface area (Å²) < 4.78 is 1.82. The fraction of sp³-hybridized carbons (Fsp3) is 0.333. The molecule has 1 saturated carbocycles.